The zero-order chi connectivity index (χ0) is 12.3. The molecule has 0 aliphatic rings. The second-order valence-corrected chi connectivity index (χ2v) is 4.28. The van der Waals surface area contributed by atoms with Crippen molar-refractivity contribution in [3.05, 3.63) is 28.3 Å². The SMILES string of the molecule is COc1c(C)cc(CC(N)CO)c(C)c1C. The van der Waals surface area contributed by atoms with Gasteiger partial charge in [0.05, 0.1) is 13.7 Å². The first kappa shape index (κ1) is 13.0. The molecule has 1 aromatic rings. The van der Waals surface area contributed by atoms with Crippen LogP contribution in [0.5, 0.6) is 5.75 Å². The van der Waals surface area contributed by atoms with E-state index in [1.165, 1.54) is 11.1 Å². The van der Waals surface area contributed by atoms with Crippen LogP contribution in [0.15, 0.2) is 6.07 Å². The molecule has 0 heterocycles. The normalized spacial score (nSPS) is 12.6. The number of aliphatic hydroxyl groups excluding tert-OH is 1. The summed E-state index contributed by atoms with van der Waals surface area (Å²) in [4.78, 5) is 0. The van der Waals surface area contributed by atoms with Gasteiger partial charge in [0, 0.05) is 6.04 Å². The fourth-order valence-corrected chi connectivity index (χ4v) is 2.02. The summed E-state index contributed by atoms with van der Waals surface area (Å²) in [7, 11) is 1.69. The molecule has 0 aliphatic heterocycles. The van der Waals surface area contributed by atoms with Crippen molar-refractivity contribution in [2.24, 2.45) is 5.73 Å². The highest BCUT2D eigenvalue weighted by molar-refractivity contribution is 5.49. The van der Waals surface area contributed by atoms with Crippen LogP contribution in [0.1, 0.15) is 22.3 Å². The highest BCUT2D eigenvalue weighted by Crippen LogP contribution is 2.28. The Morgan fingerprint density at radius 1 is 1.31 bits per heavy atom. The number of nitrogens with two attached hydrogens (primary N) is 1. The van der Waals surface area contributed by atoms with Gasteiger partial charge in [0.25, 0.3) is 0 Å². The first-order valence-electron chi connectivity index (χ1n) is 5.51. The summed E-state index contributed by atoms with van der Waals surface area (Å²) in [5.41, 5.74) is 10.4. The number of benzene rings is 1. The minimum atomic E-state index is -0.189. The molecule has 1 unspecified atom stereocenters. The van der Waals surface area contributed by atoms with Crippen molar-refractivity contribution in [1.29, 1.82) is 0 Å². The van der Waals surface area contributed by atoms with E-state index < -0.39 is 0 Å². The lowest BCUT2D eigenvalue weighted by molar-refractivity contribution is 0.265. The third kappa shape index (κ3) is 2.54. The molecule has 0 spiro atoms. The molecule has 1 rings (SSSR count). The maximum Gasteiger partial charge on any atom is 0.124 e. The quantitative estimate of drug-likeness (QED) is 0.813. The molecule has 3 N–H and O–H groups in total. The van der Waals surface area contributed by atoms with Gasteiger partial charge in [-0.25, -0.2) is 0 Å². The topological polar surface area (TPSA) is 55.5 Å². The van der Waals surface area contributed by atoms with E-state index in [-0.39, 0.29) is 12.6 Å². The Hall–Kier alpha value is -1.06. The standard InChI is InChI=1S/C13H21NO2/c1-8-5-11(6-12(14)7-15)9(2)10(3)13(8)16-4/h5,12,15H,6-7,14H2,1-4H3. The van der Waals surface area contributed by atoms with Gasteiger partial charge < -0.3 is 15.6 Å². The van der Waals surface area contributed by atoms with Crippen LogP contribution in [0.25, 0.3) is 0 Å². The maximum absolute atomic E-state index is 8.98. The summed E-state index contributed by atoms with van der Waals surface area (Å²) in [6.45, 7) is 6.16. The lowest BCUT2D eigenvalue weighted by atomic mass is 9.94. The van der Waals surface area contributed by atoms with Gasteiger partial charge in [-0.05, 0) is 49.4 Å². The Bertz CT molecular complexity index is 375. The van der Waals surface area contributed by atoms with Crippen molar-refractivity contribution in [2.75, 3.05) is 13.7 Å². The molecule has 0 saturated heterocycles. The zero-order valence-corrected chi connectivity index (χ0v) is 10.5. The van der Waals surface area contributed by atoms with E-state index in [1.807, 2.05) is 6.92 Å². The van der Waals surface area contributed by atoms with Crippen LogP contribution in [0.3, 0.4) is 0 Å². The predicted octanol–water partition coefficient (Wildman–Crippen LogP) is 1.48. The van der Waals surface area contributed by atoms with Crippen LogP contribution in [-0.4, -0.2) is 24.9 Å². The molecule has 1 atom stereocenters. The van der Waals surface area contributed by atoms with Gasteiger partial charge in [0.15, 0.2) is 0 Å². The molecule has 0 amide bonds. The van der Waals surface area contributed by atoms with E-state index in [9.17, 15) is 0 Å². The Labute approximate surface area is 97.2 Å². The van der Waals surface area contributed by atoms with Crippen LogP contribution in [-0.2, 0) is 6.42 Å². The van der Waals surface area contributed by atoms with Gasteiger partial charge >= 0.3 is 0 Å². The third-order valence-electron chi connectivity index (χ3n) is 3.05. The van der Waals surface area contributed by atoms with Crippen LogP contribution in [0, 0.1) is 20.8 Å². The summed E-state index contributed by atoms with van der Waals surface area (Å²) in [6, 6.07) is 1.90. The maximum atomic E-state index is 8.98. The van der Waals surface area contributed by atoms with Crippen molar-refractivity contribution < 1.29 is 9.84 Å². The molecular weight excluding hydrogens is 202 g/mol. The summed E-state index contributed by atoms with van der Waals surface area (Å²) in [5.74, 6) is 0.943. The number of ether oxygens (including phenoxy) is 1. The molecule has 0 aliphatic carbocycles. The van der Waals surface area contributed by atoms with E-state index in [2.05, 4.69) is 19.9 Å². The largest absolute Gasteiger partial charge is 0.496 e. The smallest absolute Gasteiger partial charge is 0.124 e. The zero-order valence-electron chi connectivity index (χ0n) is 10.5. The number of aliphatic hydroxyl groups is 1. The van der Waals surface area contributed by atoms with Crippen LogP contribution in [0.4, 0.5) is 0 Å². The molecular formula is C13H21NO2. The third-order valence-corrected chi connectivity index (χ3v) is 3.05. The summed E-state index contributed by atoms with van der Waals surface area (Å²) in [5, 5.41) is 8.98. The van der Waals surface area contributed by atoms with Gasteiger partial charge in [-0.1, -0.05) is 6.07 Å². The predicted molar refractivity (Wildman–Crippen MR) is 66.0 cm³/mol. The Kier molecular flexibility index (Phi) is 4.33. The Balaban J connectivity index is 3.13. The fourth-order valence-electron chi connectivity index (χ4n) is 2.02. The number of hydrogen-bond acceptors (Lipinski definition) is 3. The van der Waals surface area contributed by atoms with Crippen molar-refractivity contribution >= 4 is 0 Å². The first-order chi connectivity index (χ1) is 7.51. The van der Waals surface area contributed by atoms with Crippen LogP contribution >= 0.6 is 0 Å². The molecule has 0 saturated carbocycles. The minimum Gasteiger partial charge on any atom is -0.496 e. The number of rotatable bonds is 4. The molecule has 0 fully saturated rings. The van der Waals surface area contributed by atoms with Crippen LogP contribution in [0.2, 0.25) is 0 Å². The lowest BCUT2D eigenvalue weighted by Gasteiger charge is -2.17. The monoisotopic (exact) mass is 223 g/mol. The Morgan fingerprint density at radius 2 is 1.94 bits per heavy atom. The lowest BCUT2D eigenvalue weighted by Crippen LogP contribution is -2.27. The van der Waals surface area contributed by atoms with E-state index in [0.29, 0.717) is 6.42 Å². The number of methoxy groups -OCH3 is 1. The van der Waals surface area contributed by atoms with Gasteiger partial charge in [-0.15, -0.1) is 0 Å². The molecule has 16 heavy (non-hydrogen) atoms. The van der Waals surface area contributed by atoms with Gasteiger partial charge in [-0.2, -0.15) is 0 Å². The van der Waals surface area contributed by atoms with Gasteiger partial charge in [0.2, 0.25) is 0 Å². The van der Waals surface area contributed by atoms with Crippen molar-refractivity contribution in [1.82, 2.24) is 0 Å². The molecule has 1 aromatic carbocycles. The van der Waals surface area contributed by atoms with E-state index in [0.717, 1.165) is 16.9 Å². The second kappa shape index (κ2) is 5.32. The minimum absolute atomic E-state index is 0.0174. The molecule has 0 radical (unpaired) electrons. The van der Waals surface area contributed by atoms with Crippen molar-refractivity contribution in [3.8, 4) is 5.75 Å². The van der Waals surface area contributed by atoms with E-state index in [4.69, 9.17) is 15.6 Å². The Morgan fingerprint density at radius 3 is 2.44 bits per heavy atom. The fraction of sp³-hybridized carbons (Fsp3) is 0.538. The van der Waals surface area contributed by atoms with Gasteiger partial charge in [-0.3, -0.25) is 0 Å². The van der Waals surface area contributed by atoms with E-state index in [1.54, 1.807) is 7.11 Å². The molecule has 3 heteroatoms. The number of hydrogen-bond donors (Lipinski definition) is 2. The van der Waals surface area contributed by atoms with Crippen LogP contribution < -0.4 is 10.5 Å². The molecule has 0 bridgehead atoms. The van der Waals surface area contributed by atoms with E-state index >= 15 is 0 Å². The van der Waals surface area contributed by atoms with Crippen molar-refractivity contribution in [2.45, 2.75) is 33.2 Å². The molecule has 90 valence electrons. The second-order valence-electron chi connectivity index (χ2n) is 4.28. The average Bonchev–Trinajstić information content (AvgIpc) is 2.26. The average molecular weight is 223 g/mol. The van der Waals surface area contributed by atoms with Crippen molar-refractivity contribution in [3.63, 3.8) is 0 Å². The summed E-state index contributed by atoms with van der Waals surface area (Å²) < 4.78 is 5.36. The molecule has 0 aromatic heterocycles. The summed E-state index contributed by atoms with van der Waals surface area (Å²) >= 11 is 0. The first-order valence-corrected chi connectivity index (χ1v) is 5.51. The molecule has 3 nitrogen and oxygen atoms in total. The highest BCUT2D eigenvalue weighted by Gasteiger charge is 2.12. The van der Waals surface area contributed by atoms with Gasteiger partial charge in [0.1, 0.15) is 5.75 Å². The highest BCUT2D eigenvalue weighted by atomic mass is 16.5. The number of aryl methyl sites for hydroxylation is 1. The summed E-state index contributed by atoms with van der Waals surface area (Å²) in [6.07, 6.45) is 0.702.